The number of hydrogen-bond donors (Lipinski definition) is 1. The quantitative estimate of drug-likeness (QED) is 0.277. The standard InChI is InChI=1S/C27H26NO8P/c1-5-35-26(31)21-17-13-9-10-16(37(33,34)15(3)4)14-20(17)22(27(32)36-6-2)23(21)28-24(29)18-11-7-8-12-19(18)25(28)30/h7-15H,5-6H2,1-4H3,(H,33,34). The molecule has 1 aliphatic heterocycles. The number of ether oxygens (including phenoxy) is 2. The molecule has 0 aromatic heterocycles. The smallest absolute Gasteiger partial charge is 0.340 e. The lowest BCUT2D eigenvalue weighted by molar-refractivity contribution is 0.0525. The Hall–Kier alpha value is -3.81. The second kappa shape index (κ2) is 9.92. The summed E-state index contributed by atoms with van der Waals surface area (Å²) in [5.41, 5.74) is -0.837. The van der Waals surface area contributed by atoms with Crippen LogP contribution in [0.1, 0.15) is 69.1 Å². The van der Waals surface area contributed by atoms with Crippen molar-refractivity contribution in [1.82, 2.24) is 0 Å². The van der Waals surface area contributed by atoms with Crippen LogP contribution in [0.25, 0.3) is 11.1 Å². The van der Waals surface area contributed by atoms with Gasteiger partial charge in [0.15, 0.2) is 0 Å². The fraction of sp³-hybridized carbons (Fsp3) is 0.259. The summed E-state index contributed by atoms with van der Waals surface area (Å²) >= 11 is 0. The van der Waals surface area contributed by atoms with E-state index in [4.69, 9.17) is 9.47 Å². The zero-order valence-corrected chi connectivity index (χ0v) is 21.7. The number of nitrogens with zero attached hydrogens (tertiary/aromatic N) is 1. The highest BCUT2D eigenvalue weighted by atomic mass is 31.2. The van der Waals surface area contributed by atoms with Crippen LogP contribution in [0.5, 0.6) is 0 Å². The molecule has 2 amide bonds. The number of rotatable bonds is 7. The molecule has 0 radical (unpaired) electrons. The summed E-state index contributed by atoms with van der Waals surface area (Å²) in [6, 6.07) is 11.9. The molecule has 37 heavy (non-hydrogen) atoms. The number of benzene rings is 1. The third-order valence-corrected chi connectivity index (χ3v) is 8.59. The average Bonchev–Trinajstić information content (AvgIpc) is 3.17. The Bertz CT molecular complexity index is 1430. The SMILES string of the molecule is CCOC(=O)c1c2cccc(P(=O)(O)C(C)C)cc-2c(C(=O)OCC)c1N1C(=O)c2ccccc2C1=O. The molecule has 4 rings (SSSR count). The number of fused-ring (bicyclic) bond motifs is 2. The molecule has 2 aliphatic carbocycles. The summed E-state index contributed by atoms with van der Waals surface area (Å²) < 4.78 is 23.7. The topological polar surface area (TPSA) is 127 Å². The first-order chi connectivity index (χ1) is 17.6. The van der Waals surface area contributed by atoms with Gasteiger partial charge in [0.25, 0.3) is 11.8 Å². The predicted molar refractivity (Wildman–Crippen MR) is 137 cm³/mol. The predicted octanol–water partition coefficient (Wildman–Crippen LogP) is 4.25. The molecule has 1 heterocycles. The maximum atomic E-state index is 13.4. The first-order valence-electron chi connectivity index (χ1n) is 11.8. The van der Waals surface area contributed by atoms with Gasteiger partial charge in [-0.25, -0.2) is 14.5 Å². The van der Waals surface area contributed by atoms with E-state index in [1.807, 2.05) is 0 Å². The van der Waals surface area contributed by atoms with Crippen LogP contribution in [-0.4, -0.2) is 47.5 Å². The summed E-state index contributed by atoms with van der Waals surface area (Å²) in [7, 11) is -3.89. The number of amides is 2. The van der Waals surface area contributed by atoms with E-state index >= 15 is 0 Å². The van der Waals surface area contributed by atoms with Crippen molar-refractivity contribution in [3.05, 3.63) is 70.8 Å². The van der Waals surface area contributed by atoms with E-state index in [-0.39, 0.29) is 57.6 Å². The molecule has 1 unspecified atom stereocenters. The highest BCUT2D eigenvalue weighted by Gasteiger charge is 2.44. The molecule has 10 heteroatoms. The van der Waals surface area contributed by atoms with Gasteiger partial charge in [0.2, 0.25) is 7.37 Å². The molecule has 1 N–H and O–H groups in total. The van der Waals surface area contributed by atoms with Gasteiger partial charge in [-0.15, -0.1) is 0 Å². The minimum Gasteiger partial charge on any atom is -0.462 e. The van der Waals surface area contributed by atoms with Crippen molar-refractivity contribution in [2.24, 2.45) is 0 Å². The van der Waals surface area contributed by atoms with E-state index in [0.29, 0.717) is 0 Å². The lowest BCUT2D eigenvalue weighted by atomic mass is 10.1. The summed E-state index contributed by atoms with van der Waals surface area (Å²) in [6.07, 6.45) is 0. The average molecular weight is 523 g/mol. The van der Waals surface area contributed by atoms with Crippen LogP contribution in [0.15, 0.2) is 48.5 Å². The molecule has 1 atom stereocenters. The van der Waals surface area contributed by atoms with E-state index in [0.717, 1.165) is 4.90 Å². The Morgan fingerprint density at radius 3 is 1.81 bits per heavy atom. The summed E-state index contributed by atoms with van der Waals surface area (Å²) in [4.78, 5) is 65.1. The van der Waals surface area contributed by atoms with Gasteiger partial charge in [0.05, 0.1) is 41.2 Å². The van der Waals surface area contributed by atoms with Crippen molar-refractivity contribution >= 4 is 42.1 Å². The normalized spacial score (nSPS) is 14.6. The lowest BCUT2D eigenvalue weighted by Gasteiger charge is -2.17. The molecule has 0 saturated carbocycles. The van der Waals surface area contributed by atoms with E-state index < -0.39 is 36.8 Å². The molecule has 0 spiro atoms. The van der Waals surface area contributed by atoms with E-state index in [9.17, 15) is 28.6 Å². The number of imide groups is 1. The molecule has 9 nitrogen and oxygen atoms in total. The molecule has 192 valence electrons. The van der Waals surface area contributed by atoms with Crippen molar-refractivity contribution < 1.29 is 38.1 Å². The van der Waals surface area contributed by atoms with Gasteiger partial charge in [-0.3, -0.25) is 14.2 Å². The van der Waals surface area contributed by atoms with Gasteiger partial charge in [0.1, 0.15) is 0 Å². The van der Waals surface area contributed by atoms with Crippen molar-refractivity contribution in [1.29, 1.82) is 0 Å². The van der Waals surface area contributed by atoms with E-state index in [2.05, 4.69) is 0 Å². The zero-order chi connectivity index (χ0) is 27.1. The number of esters is 2. The summed E-state index contributed by atoms with van der Waals surface area (Å²) in [5.74, 6) is -3.19. The Morgan fingerprint density at radius 1 is 0.838 bits per heavy atom. The van der Waals surface area contributed by atoms with Gasteiger partial charge in [0, 0.05) is 16.5 Å². The number of carbonyl (C=O) groups excluding carboxylic acids is 4. The van der Waals surface area contributed by atoms with Crippen molar-refractivity contribution in [3.8, 4) is 11.1 Å². The molecule has 0 bridgehead atoms. The fourth-order valence-corrected chi connectivity index (χ4v) is 5.55. The fourth-order valence-electron chi connectivity index (χ4n) is 4.34. The summed E-state index contributed by atoms with van der Waals surface area (Å²) in [6.45, 7) is 6.33. The van der Waals surface area contributed by atoms with Crippen molar-refractivity contribution in [3.63, 3.8) is 0 Å². The first-order valence-corrected chi connectivity index (χ1v) is 13.5. The lowest BCUT2D eigenvalue weighted by Crippen LogP contribution is -2.32. The van der Waals surface area contributed by atoms with Crippen molar-refractivity contribution in [2.75, 3.05) is 18.1 Å². The van der Waals surface area contributed by atoms with Gasteiger partial charge in [-0.1, -0.05) is 38.1 Å². The Kier molecular flexibility index (Phi) is 7.04. The monoisotopic (exact) mass is 523 g/mol. The Labute approximate surface area is 213 Å². The third-order valence-electron chi connectivity index (χ3n) is 6.17. The van der Waals surface area contributed by atoms with Gasteiger partial charge in [-0.2, -0.15) is 0 Å². The van der Waals surface area contributed by atoms with Crippen LogP contribution in [0.3, 0.4) is 0 Å². The minimum absolute atomic E-state index is 0.00873. The molecule has 1 aromatic rings. The van der Waals surface area contributed by atoms with Crippen molar-refractivity contribution in [2.45, 2.75) is 33.4 Å². The number of anilines is 1. The molecule has 3 aliphatic rings. The van der Waals surface area contributed by atoms with Gasteiger partial charge in [-0.05, 0) is 43.7 Å². The molecule has 0 fully saturated rings. The first kappa shape index (κ1) is 26.3. The minimum atomic E-state index is -3.89. The van der Waals surface area contributed by atoms with E-state index in [1.165, 1.54) is 36.4 Å². The Balaban J connectivity index is 2.13. The van der Waals surface area contributed by atoms with Gasteiger partial charge >= 0.3 is 11.9 Å². The van der Waals surface area contributed by atoms with Crippen LogP contribution >= 0.6 is 7.37 Å². The maximum Gasteiger partial charge on any atom is 0.340 e. The van der Waals surface area contributed by atoms with Crippen LogP contribution < -0.4 is 10.2 Å². The highest BCUT2D eigenvalue weighted by Crippen LogP contribution is 2.49. The van der Waals surface area contributed by atoms with Crippen LogP contribution in [0, 0.1) is 0 Å². The molecular formula is C27H26NO8P. The van der Waals surface area contributed by atoms with Crippen LogP contribution in [0.2, 0.25) is 0 Å². The largest absolute Gasteiger partial charge is 0.462 e. The second-order valence-electron chi connectivity index (χ2n) is 8.67. The Morgan fingerprint density at radius 2 is 1.32 bits per heavy atom. The van der Waals surface area contributed by atoms with Gasteiger partial charge < -0.3 is 14.4 Å². The van der Waals surface area contributed by atoms with Crippen LogP contribution in [0.4, 0.5) is 5.69 Å². The number of hydrogen-bond acceptors (Lipinski definition) is 7. The van der Waals surface area contributed by atoms with Crippen LogP contribution in [-0.2, 0) is 14.0 Å². The zero-order valence-electron chi connectivity index (χ0n) is 20.8. The number of carbonyl (C=O) groups is 4. The third kappa shape index (κ3) is 4.24. The summed E-state index contributed by atoms with van der Waals surface area (Å²) in [5, 5.41) is 0.0392. The second-order valence-corrected chi connectivity index (χ2v) is 11.5. The molecular weight excluding hydrogens is 497 g/mol. The molecule has 1 aromatic carbocycles. The maximum absolute atomic E-state index is 13.4. The highest BCUT2D eigenvalue weighted by molar-refractivity contribution is 7.66. The van der Waals surface area contributed by atoms with E-state index in [1.54, 1.807) is 39.8 Å². The molecule has 0 saturated heterocycles.